The van der Waals surface area contributed by atoms with Crippen LogP contribution in [0.3, 0.4) is 0 Å². The Kier molecular flexibility index (Phi) is 4.46. The molecule has 0 aromatic heterocycles. The van der Waals surface area contributed by atoms with Crippen molar-refractivity contribution in [1.29, 1.82) is 0 Å². The number of hydrazone groups is 1. The van der Waals surface area contributed by atoms with E-state index in [9.17, 15) is 28.1 Å². The predicted octanol–water partition coefficient (Wildman–Crippen LogP) is 1.50. The smallest absolute Gasteiger partial charge is 0.405 e. The number of hydrogen-bond donors (Lipinski definition) is 2. The van der Waals surface area contributed by atoms with Crippen LogP contribution in [-0.2, 0) is 0 Å². The van der Waals surface area contributed by atoms with Gasteiger partial charge in [0, 0.05) is 17.7 Å². The number of benzene rings is 1. The predicted molar refractivity (Wildman–Crippen MR) is 60.1 cm³/mol. The van der Waals surface area contributed by atoms with Crippen molar-refractivity contribution in [2.45, 2.75) is 6.36 Å². The van der Waals surface area contributed by atoms with Gasteiger partial charge < -0.3 is 10.5 Å². The highest BCUT2D eigenvalue weighted by molar-refractivity contribution is 5.85. The second-order valence-electron chi connectivity index (χ2n) is 3.26. The monoisotopic (exact) mass is 292 g/mol. The number of carbonyl (C=O) groups is 1. The third-order valence-corrected chi connectivity index (χ3v) is 1.81. The number of carbonyl (C=O) groups excluding carboxylic acids is 1. The van der Waals surface area contributed by atoms with E-state index in [1.807, 2.05) is 0 Å². The van der Waals surface area contributed by atoms with Crippen molar-refractivity contribution in [3.8, 4) is 5.75 Å². The molecule has 3 N–H and O–H groups in total. The molecule has 0 saturated carbocycles. The third-order valence-electron chi connectivity index (χ3n) is 1.81. The van der Waals surface area contributed by atoms with Crippen LogP contribution in [0.1, 0.15) is 5.56 Å². The first-order chi connectivity index (χ1) is 9.19. The molecule has 11 heteroatoms. The lowest BCUT2D eigenvalue weighted by Gasteiger charge is -2.10. The van der Waals surface area contributed by atoms with E-state index in [0.29, 0.717) is 0 Å². The molecule has 1 aromatic carbocycles. The maximum Gasteiger partial charge on any atom is 0.573 e. The van der Waals surface area contributed by atoms with Gasteiger partial charge >= 0.3 is 12.4 Å². The van der Waals surface area contributed by atoms with Gasteiger partial charge in [0.05, 0.1) is 11.1 Å². The van der Waals surface area contributed by atoms with Crippen LogP contribution in [0, 0.1) is 10.1 Å². The van der Waals surface area contributed by atoms with Crippen LogP contribution in [0.5, 0.6) is 5.75 Å². The van der Waals surface area contributed by atoms with Gasteiger partial charge in [0.1, 0.15) is 5.75 Å². The molecule has 0 aliphatic heterocycles. The van der Waals surface area contributed by atoms with Crippen LogP contribution in [-0.4, -0.2) is 23.5 Å². The molecule has 0 saturated heterocycles. The fraction of sp³-hybridized carbons (Fsp3) is 0.111. The molecule has 8 nitrogen and oxygen atoms in total. The molecule has 1 rings (SSSR count). The Morgan fingerprint density at radius 1 is 1.50 bits per heavy atom. The molecular weight excluding hydrogens is 285 g/mol. The number of urea groups is 1. The maximum absolute atomic E-state index is 12.1. The van der Waals surface area contributed by atoms with Crippen LogP contribution < -0.4 is 15.9 Å². The first kappa shape index (κ1) is 15.2. The van der Waals surface area contributed by atoms with Crippen molar-refractivity contribution in [3.63, 3.8) is 0 Å². The Balaban J connectivity index is 3.12. The van der Waals surface area contributed by atoms with Gasteiger partial charge in [-0.3, -0.25) is 10.1 Å². The highest BCUT2D eigenvalue weighted by Gasteiger charge is 2.32. The zero-order valence-electron chi connectivity index (χ0n) is 9.55. The van der Waals surface area contributed by atoms with Crippen molar-refractivity contribution < 1.29 is 27.6 Å². The normalized spacial score (nSPS) is 11.3. The van der Waals surface area contributed by atoms with Crippen molar-refractivity contribution in [2.24, 2.45) is 10.8 Å². The number of rotatable bonds is 4. The Morgan fingerprint density at radius 2 is 2.15 bits per heavy atom. The molecule has 0 radical (unpaired) electrons. The number of ether oxygens (including phenoxy) is 1. The lowest BCUT2D eigenvalue weighted by atomic mass is 10.2. The van der Waals surface area contributed by atoms with E-state index < -0.39 is 28.8 Å². The number of hydrogen-bond acceptors (Lipinski definition) is 5. The van der Waals surface area contributed by atoms with E-state index in [4.69, 9.17) is 5.73 Å². The zero-order chi connectivity index (χ0) is 15.3. The summed E-state index contributed by atoms with van der Waals surface area (Å²) in [4.78, 5) is 20.1. The average molecular weight is 292 g/mol. The number of halogens is 3. The number of alkyl halides is 3. The van der Waals surface area contributed by atoms with Crippen LogP contribution >= 0.6 is 0 Å². The fourth-order valence-corrected chi connectivity index (χ4v) is 1.13. The highest BCUT2D eigenvalue weighted by atomic mass is 19.4. The summed E-state index contributed by atoms with van der Waals surface area (Å²) in [5, 5.41) is 13.8. The van der Waals surface area contributed by atoms with Gasteiger partial charge in [-0.2, -0.15) is 5.10 Å². The minimum Gasteiger partial charge on any atom is -0.405 e. The number of nitrogens with one attached hydrogen (secondary N) is 1. The molecule has 2 amide bonds. The largest absolute Gasteiger partial charge is 0.573 e. The average Bonchev–Trinajstić information content (AvgIpc) is 2.28. The standard InChI is InChI=1S/C9H7F3N4O4/c10-9(11,12)20-7-2-1-6(16(18)19)3-5(7)4-14-15-8(13)17/h1-4H,(H3,13,15,17). The van der Waals surface area contributed by atoms with Crippen molar-refractivity contribution in [1.82, 2.24) is 5.43 Å². The van der Waals surface area contributed by atoms with Gasteiger partial charge in [0.25, 0.3) is 5.69 Å². The highest BCUT2D eigenvalue weighted by Crippen LogP contribution is 2.28. The molecule has 0 unspecified atom stereocenters. The van der Waals surface area contributed by atoms with E-state index in [1.54, 1.807) is 5.43 Å². The summed E-state index contributed by atoms with van der Waals surface area (Å²) in [5.74, 6) is -0.710. The number of nitro groups is 1. The Labute approximate surface area is 109 Å². The van der Waals surface area contributed by atoms with Gasteiger partial charge in [-0.05, 0) is 6.07 Å². The lowest BCUT2D eigenvalue weighted by molar-refractivity contribution is -0.385. The van der Waals surface area contributed by atoms with E-state index >= 15 is 0 Å². The molecule has 0 atom stereocenters. The van der Waals surface area contributed by atoms with E-state index in [-0.39, 0.29) is 5.56 Å². The maximum atomic E-state index is 12.1. The summed E-state index contributed by atoms with van der Waals surface area (Å²) >= 11 is 0. The Hall–Kier alpha value is -2.85. The van der Waals surface area contributed by atoms with E-state index in [2.05, 4.69) is 9.84 Å². The molecule has 0 heterocycles. The number of non-ortho nitro benzene ring substituents is 1. The van der Waals surface area contributed by atoms with Crippen molar-refractivity contribution in [3.05, 3.63) is 33.9 Å². The third kappa shape index (κ3) is 4.80. The number of nitro benzene ring substituents is 1. The van der Waals surface area contributed by atoms with Gasteiger partial charge in [-0.1, -0.05) is 0 Å². The topological polar surface area (TPSA) is 120 Å². The molecule has 108 valence electrons. The van der Waals surface area contributed by atoms with E-state index in [1.165, 1.54) is 0 Å². The van der Waals surface area contributed by atoms with Crippen LogP contribution in [0.15, 0.2) is 23.3 Å². The summed E-state index contributed by atoms with van der Waals surface area (Å²) in [7, 11) is 0. The lowest BCUT2D eigenvalue weighted by Crippen LogP contribution is -2.24. The van der Waals surface area contributed by atoms with E-state index in [0.717, 1.165) is 24.4 Å². The Morgan fingerprint density at radius 3 is 2.65 bits per heavy atom. The SMILES string of the molecule is NC(=O)NN=Cc1cc([N+](=O)[O-])ccc1OC(F)(F)F. The van der Waals surface area contributed by atoms with Gasteiger partial charge in [-0.25, -0.2) is 10.2 Å². The van der Waals surface area contributed by atoms with Crippen LogP contribution in [0.2, 0.25) is 0 Å². The summed E-state index contributed by atoms with van der Waals surface area (Å²) in [6.07, 6.45) is -4.24. The number of nitrogens with two attached hydrogens (primary N) is 1. The fourth-order valence-electron chi connectivity index (χ4n) is 1.13. The second kappa shape index (κ2) is 5.86. The first-order valence-electron chi connectivity index (χ1n) is 4.82. The molecule has 0 fully saturated rings. The Bertz CT molecular complexity index is 559. The number of amides is 2. The van der Waals surface area contributed by atoms with Gasteiger partial charge in [0.2, 0.25) is 0 Å². The van der Waals surface area contributed by atoms with Crippen molar-refractivity contribution >= 4 is 17.9 Å². The summed E-state index contributed by atoms with van der Waals surface area (Å²) in [6, 6.07) is 1.34. The first-order valence-corrected chi connectivity index (χ1v) is 4.82. The summed E-state index contributed by atoms with van der Waals surface area (Å²) in [5.41, 5.74) is 5.60. The molecule has 1 aromatic rings. The molecule has 0 aliphatic rings. The molecule has 0 aliphatic carbocycles. The van der Waals surface area contributed by atoms with Crippen molar-refractivity contribution in [2.75, 3.05) is 0 Å². The van der Waals surface area contributed by atoms with Gasteiger partial charge in [-0.15, -0.1) is 13.2 Å². The molecule has 0 spiro atoms. The number of nitrogens with zero attached hydrogens (tertiary/aromatic N) is 2. The summed E-state index contributed by atoms with van der Waals surface area (Å²) in [6.45, 7) is 0. The van der Waals surface area contributed by atoms with Crippen LogP contribution in [0.4, 0.5) is 23.7 Å². The second-order valence-corrected chi connectivity index (χ2v) is 3.26. The molecular formula is C9H7F3N4O4. The molecule has 0 bridgehead atoms. The minimum atomic E-state index is -4.98. The van der Waals surface area contributed by atoms with Gasteiger partial charge in [0.15, 0.2) is 0 Å². The number of primary amides is 1. The van der Waals surface area contributed by atoms with Crippen LogP contribution in [0.25, 0.3) is 0 Å². The summed E-state index contributed by atoms with van der Waals surface area (Å²) < 4.78 is 40.1. The minimum absolute atomic E-state index is 0.356. The zero-order valence-corrected chi connectivity index (χ0v) is 9.55. The quantitative estimate of drug-likeness (QED) is 0.496. The molecule has 20 heavy (non-hydrogen) atoms.